The molecule has 1 aliphatic carbocycles. The van der Waals surface area contributed by atoms with Crippen LogP contribution in [0, 0.1) is 12.7 Å². The van der Waals surface area contributed by atoms with Crippen molar-refractivity contribution in [2.24, 2.45) is 5.73 Å². The lowest BCUT2D eigenvalue weighted by atomic mass is 10.0. The molecule has 2 N–H and O–H groups in total. The molecule has 1 aromatic carbocycles. The van der Waals surface area contributed by atoms with Gasteiger partial charge in [0.25, 0.3) is 0 Å². The molecule has 3 nitrogen and oxygen atoms in total. The van der Waals surface area contributed by atoms with Crippen molar-refractivity contribution in [3.8, 4) is 0 Å². The zero-order valence-electron chi connectivity index (χ0n) is 9.96. The fraction of sp³-hybridized carbons (Fsp3) is 0.500. The van der Waals surface area contributed by atoms with E-state index in [9.17, 15) is 12.8 Å². The second kappa shape index (κ2) is 3.78. The molecular weight excluding hydrogens is 241 g/mol. The topological polar surface area (TPSA) is 60.2 Å². The van der Waals surface area contributed by atoms with E-state index in [1.807, 2.05) is 0 Å². The number of rotatable bonds is 3. The molecule has 0 aromatic heterocycles. The second-order valence-electron chi connectivity index (χ2n) is 5.02. The van der Waals surface area contributed by atoms with E-state index in [-0.39, 0.29) is 16.3 Å². The molecule has 0 atom stereocenters. The Kier molecular flexibility index (Phi) is 2.78. The average Bonchev–Trinajstić information content (AvgIpc) is 2.87. The van der Waals surface area contributed by atoms with Crippen molar-refractivity contribution in [1.29, 1.82) is 0 Å². The minimum atomic E-state index is -3.32. The highest BCUT2D eigenvalue weighted by Gasteiger charge is 2.38. The smallest absolute Gasteiger partial charge is 0.175 e. The Hall–Kier alpha value is -0.940. The highest BCUT2D eigenvalue weighted by molar-refractivity contribution is 7.90. The van der Waals surface area contributed by atoms with Crippen molar-refractivity contribution in [2.45, 2.75) is 36.6 Å². The number of hydrogen-bond acceptors (Lipinski definition) is 3. The normalized spacial score (nSPS) is 18.1. The number of benzene rings is 1. The highest BCUT2D eigenvalue weighted by Crippen LogP contribution is 2.36. The summed E-state index contributed by atoms with van der Waals surface area (Å²) in [6.07, 6.45) is 3.27. The lowest BCUT2D eigenvalue weighted by Crippen LogP contribution is -2.25. The van der Waals surface area contributed by atoms with Crippen LogP contribution in [0.25, 0.3) is 0 Å². The maximum Gasteiger partial charge on any atom is 0.175 e. The molecule has 1 aromatic rings. The van der Waals surface area contributed by atoms with E-state index in [1.165, 1.54) is 12.1 Å². The molecule has 0 aliphatic heterocycles. The van der Waals surface area contributed by atoms with Gasteiger partial charge in [-0.2, -0.15) is 0 Å². The van der Waals surface area contributed by atoms with E-state index >= 15 is 0 Å². The standard InChI is InChI=1S/C12H16FNO2S/c1-8-5-10(13)9(7-12(14)3-4-12)6-11(8)17(2,15)16/h5-6H,3-4,7,14H2,1-2H3. The van der Waals surface area contributed by atoms with Gasteiger partial charge in [-0.1, -0.05) is 0 Å². The van der Waals surface area contributed by atoms with Crippen molar-refractivity contribution in [3.63, 3.8) is 0 Å². The average molecular weight is 257 g/mol. The summed E-state index contributed by atoms with van der Waals surface area (Å²) in [4.78, 5) is 0.193. The molecule has 1 aliphatic rings. The van der Waals surface area contributed by atoms with Gasteiger partial charge in [0, 0.05) is 11.8 Å². The van der Waals surface area contributed by atoms with Gasteiger partial charge in [-0.15, -0.1) is 0 Å². The maximum atomic E-state index is 13.7. The van der Waals surface area contributed by atoms with Crippen LogP contribution in [0.1, 0.15) is 24.0 Å². The fourth-order valence-corrected chi connectivity index (χ4v) is 2.95. The van der Waals surface area contributed by atoms with Crippen molar-refractivity contribution >= 4 is 9.84 Å². The van der Waals surface area contributed by atoms with Crippen LogP contribution in [0.5, 0.6) is 0 Å². The highest BCUT2D eigenvalue weighted by atomic mass is 32.2. The number of halogens is 1. The first kappa shape index (κ1) is 12.5. The van der Waals surface area contributed by atoms with E-state index in [4.69, 9.17) is 5.73 Å². The molecule has 0 radical (unpaired) electrons. The van der Waals surface area contributed by atoms with E-state index in [0.717, 1.165) is 19.1 Å². The molecule has 0 unspecified atom stereocenters. The SMILES string of the molecule is Cc1cc(F)c(CC2(N)CC2)cc1S(C)(=O)=O. The summed E-state index contributed by atoms with van der Waals surface area (Å²) in [6.45, 7) is 1.60. The van der Waals surface area contributed by atoms with Gasteiger partial charge in [-0.25, -0.2) is 12.8 Å². The van der Waals surface area contributed by atoms with Crippen molar-refractivity contribution in [1.82, 2.24) is 0 Å². The Morgan fingerprint density at radius 1 is 1.41 bits per heavy atom. The quantitative estimate of drug-likeness (QED) is 0.836. The first-order valence-electron chi connectivity index (χ1n) is 5.49. The lowest BCUT2D eigenvalue weighted by Gasteiger charge is -2.12. The molecule has 0 saturated heterocycles. The zero-order chi connectivity index (χ0) is 12.8. The molecule has 94 valence electrons. The van der Waals surface area contributed by atoms with Crippen LogP contribution in [0.2, 0.25) is 0 Å². The van der Waals surface area contributed by atoms with Crippen LogP contribution >= 0.6 is 0 Å². The minimum Gasteiger partial charge on any atom is -0.325 e. The Labute approximate surface area is 101 Å². The van der Waals surface area contributed by atoms with Gasteiger partial charge in [-0.3, -0.25) is 0 Å². The molecule has 0 heterocycles. The number of hydrogen-bond donors (Lipinski definition) is 1. The van der Waals surface area contributed by atoms with Gasteiger partial charge in [0.2, 0.25) is 0 Å². The maximum absolute atomic E-state index is 13.7. The molecule has 0 bridgehead atoms. The van der Waals surface area contributed by atoms with Crippen LogP contribution in [0.4, 0.5) is 4.39 Å². The third-order valence-electron chi connectivity index (χ3n) is 3.18. The predicted octanol–water partition coefficient (Wildman–Crippen LogP) is 1.57. The van der Waals surface area contributed by atoms with Crippen molar-refractivity contribution in [3.05, 3.63) is 29.1 Å². The van der Waals surface area contributed by atoms with Gasteiger partial charge in [0.15, 0.2) is 9.84 Å². The molecule has 1 saturated carbocycles. The Balaban J connectivity index is 2.46. The lowest BCUT2D eigenvalue weighted by molar-refractivity contribution is 0.576. The fourth-order valence-electron chi connectivity index (χ4n) is 1.95. The van der Waals surface area contributed by atoms with E-state index in [2.05, 4.69) is 0 Å². The van der Waals surface area contributed by atoms with Gasteiger partial charge < -0.3 is 5.73 Å². The van der Waals surface area contributed by atoms with Gasteiger partial charge in [0.1, 0.15) is 5.82 Å². The van der Waals surface area contributed by atoms with E-state index < -0.39 is 9.84 Å². The molecule has 2 rings (SSSR count). The minimum absolute atomic E-state index is 0.193. The number of nitrogens with two attached hydrogens (primary N) is 1. The Bertz CT molecular complexity index is 562. The molecule has 0 spiro atoms. The second-order valence-corrected chi connectivity index (χ2v) is 7.00. The third-order valence-corrected chi connectivity index (χ3v) is 4.42. The summed E-state index contributed by atoms with van der Waals surface area (Å²) < 4.78 is 36.8. The Morgan fingerprint density at radius 3 is 2.47 bits per heavy atom. The summed E-state index contributed by atoms with van der Waals surface area (Å²) in [6, 6.07) is 2.70. The summed E-state index contributed by atoms with van der Waals surface area (Å²) in [5.41, 5.74) is 6.44. The molecular formula is C12H16FNO2S. The largest absolute Gasteiger partial charge is 0.325 e. The predicted molar refractivity (Wildman–Crippen MR) is 64.1 cm³/mol. The van der Waals surface area contributed by atoms with E-state index in [1.54, 1.807) is 6.92 Å². The van der Waals surface area contributed by atoms with Crippen LogP contribution in [-0.4, -0.2) is 20.2 Å². The first-order chi connectivity index (χ1) is 7.71. The molecule has 5 heteroatoms. The summed E-state index contributed by atoms with van der Waals surface area (Å²) in [7, 11) is -3.32. The number of sulfone groups is 1. The summed E-state index contributed by atoms with van der Waals surface area (Å²) >= 11 is 0. The first-order valence-corrected chi connectivity index (χ1v) is 7.38. The van der Waals surface area contributed by atoms with E-state index in [0.29, 0.717) is 17.5 Å². The Morgan fingerprint density at radius 2 is 2.00 bits per heavy atom. The monoisotopic (exact) mass is 257 g/mol. The van der Waals surface area contributed by atoms with Crippen LogP contribution < -0.4 is 5.73 Å². The van der Waals surface area contributed by atoms with Crippen LogP contribution in [-0.2, 0) is 16.3 Å². The van der Waals surface area contributed by atoms with Crippen LogP contribution in [0.3, 0.4) is 0 Å². The molecule has 0 amide bonds. The zero-order valence-corrected chi connectivity index (χ0v) is 10.8. The van der Waals surface area contributed by atoms with Crippen molar-refractivity contribution in [2.75, 3.05) is 6.26 Å². The summed E-state index contributed by atoms with van der Waals surface area (Å²) in [5.74, 6) is -0.369. The summed E-state index contributed by atoms with van der Waals surface area (Å²) in [5, 5.41) is 0. The van der Waals surface area contributed by atoms with Gasteiger partial charge in [-0.05, 0) is 49.4 Å². The molecule has 17 heavy (non-hydrogen) atoms. The van der Waals surface area contributed by atoms with Gasteiger partial charge in [0.05, 0.1) is 4.90 Å². The number of aryl methyl sites for hydroxylation is 1. The van der Waals surface area contributed by atoms with Crippen molar-refractivity contribution < 1.29 is 12.8 Å². The molecule has 1 fully saturated rings. The van der Waals surface area contributed by atoms with Gasteiger partial charge >= 0.3 is 0 Å². The third kappa shape index (κ3) is 2.66. The van der Waals surface area contributed by atoms with Crippen LogP contribution in [0.15, 0.2) is 17.0 Å².